The normalized spacial score (nSPS) is 12.0. The highest BCUT2D eigenvalue weighted by atomic mass is 33.5. The van der Waals surface area contributed by atoms with Crippen molar-refractivity contribution >= 4 is 40.2 Å². The number of rotatable bonds is 12. The summed E-state index contributed by atoms with van der Waals surface area (Å²) in [7, 11) is 3.05. The zero-order valence-electron chi connectivity index (χ0n) is 11.2. The molecule has 0 aromatic carbocycles. The molecule has 0 spiro atoms. The molecule has 0 fully saturated rings. The minimum Gasteiger partial charge on any atom is -0.373 e. The highest BCUT2D eigenvalue weighted by Crippen LogP contribution is 2.36. The summed E-state index contributed by atoms with van der Waals surface area (Å²) in [6, 6.07) is 0. The van der Waals surface area contributed by atoms with E-state index < -0.39 is 8.80 Å². The molecule has 0 aromatic heterocycles. The van der Waals surface area contributed by atoms with Gasteiger partial charge in [0.15, 0.2) is 0 Å². The van der Waals surface area contributed by atoms with E-state index in [4.69, 9.17) is 13.3 Å². The molecule has 0 N–H and O–H groups in total. The predicted molar refractivity (Wildman–Crippen MR) is 83.4 cm³/mol. The van der Waals surface area contributed by atoms with Crippen LogP contribution < -0.4 is 0 Å². The summed E-state index contributed by atoms with van der Waals surface area (Å²) >= 11 is 0. The Balaban J connectivity index is 4.05. The maximum absolute atomic E-state index is 5.77. The quantitative estimate of drug-likeness (QED) is 0.307. The lowest BCUT2D eigenvalue weighted by Gasteiger charge is -2.27. The van der Waals surface area contributed by atoms with E-state index in [1.165, 1.54) is 12.2 Å². The summed E-state index contributed by atoms with van der Waals surface area (Å²) in [5.74, 6) is 1.18. The Bertz CT molecular complexity index is 158. The molecule has 3 nitrogen and oxygen atoms in total. The molecule has 0 heterocycles. The van der Waals surface area contributed by atoms with Crippen molar-refractivity contribution in [1.82, 2.24) is 0 Å². The van der Waals surface area contributed by atoms with Gasteiger partial charge in [0.25, 0.3) is 0 Å². The lowest BCUT2D eigenvalue weighted by molar-refractivity contribution is 0.0774. The molecule has 104 valence electrons. The Kier molecular flexibility index (Phi) is 13.0. The van der Waals surface area contributed by atoms with Gasteiger partial charge in [-0.25, -0.2) is 0 Å². The lowest BCUT2D eigenvalue weighted by atomic mass is 10.6. The van der Waals surface area contributed by atoms with E-state index in [0.29, 0.717) is 19.8 Å². The van der Waals surface area contributed by atoms with Gasteiger partial charge >= 0.3 is 8.80 Å². The van der Waals surface area contributed by atoms with Crippen molar-refractivity contribution in [3.8, 4) is 0 Å². The number of hydrogen-bond acceptors (Lipinski definition) is 6. The van der Waals surface area contributed by atoms with Crippen molar-refractivity contribution in [1.29, 1.82) is 0 Å². The summed E-state index contributed by atoms with van der Waals surface area (Å²) in [6.07, 6.45) is 1.21. The molecule has 0 aliphatic rings. The van der Waals surface area contributed by atoms with E-state index in [0.717, 1.165) is 5.38 Å². The molecule has 17 heavy (non-hydrogen) atoms. The fourth-order valence-electron chi connectivity index (χ4n) is 1.16. The first-order valence-electron chi connectivity index (χ1n) is 6.07. The topological polar surface area (TPSA) is 27.7 Å². The highest BCUT2D eigenvalue weighted by molar-refractivity contribution is 9.09. The molecule has 0 saturated carbocycles. The van der Waals surface area contributed by atoms with Gasteiger partial charge in [0.2, 0.25) is 0 Å². The van der Waals surface area contributed by atoms with Crippen LogP contribution in [0.5, 0.6) is 0 Å². The van der Waals surface area contributed by atoms with Crippen LogP contribution >= 0.6 is 31.4 Å². The van der Waals surface area contributed by atoms with Gasteiger partial charge < -0.3 is 13.3 Å². The molecule has 0 saturated heterocycles. The molecule has 0 aliphatic heterocycles. The van der Waals surface area contributed by atoms with Gasteiger partial charge in [-0.15, -0.1) is 0 Å². The second-order valence-corrected chi connectivity index (χ2v) is 10.6. The van der Waals surface area contributed by atoms with Gasteiger partial charge in [-0.3, -0.25) is 0 Å². The van der Waals surface area contributed by atoms with Crippen LogP contribution in [0, 0.1) is 0 Å². The van der Waals surface area contributed by atoms with Crippen LogP contribution in [-0.2, 0) is 13.3 Å². The molecular formula is C10H24O3S3Si. The fraction of sp³-hybridized carbons (Fsp3) is 1.00. The molecule has 0 bridgehead atoms. The second kappa shape index (κ2) is 12.2. The van der Waals surface area contributed by atoms with Gasteiger partial charge in [0.1, 0.15) is 0 Å². The van der Waals surface area contributed by atoms with E-state index in [1.54, 1.807) is 10.8 Å². The summed E-state index contributed by atoms with van der Waals surface area (Å²) in [5.41, 5.74) is 0. The van der Waals surface area contributed by atoms with Crippen LogP contribution in [0.2, 0.25) is 0 Å². The molecule has 0 aliphatic carbocycles. The largest absolute Gasteiger partial charge is 0.512 e. The third-order valence-corrected chi connectivity index (χ3v) is 10.4. The van der Waals surface area contributed by atoms with E-state index in [2.05, 4.69) is 6.92 Å². The van der Waals surface area contributed by atoms with E-state index in [-0.39, 0.29) is 0 Å². The van der Waals surface area contributed by atoms with Gasteiger partial charge in [0.05, 0.1) is 5.38 Å². The maximum Gasteiger partial charge on any atom is 0.512 e. The van der Waals surface area contributed by atoms with Gasteiger partial charge in [-0.05, 0) is 37.0 Å². The Morgan fingerprint density at radius 2 is 1.35 bits per heavy atom. The summed E-state index contributed by atoms with van der Waals surface area (Å²) in [6.45, 7) is 10.1. The summed E-state index contributed by atoms with van der Waals surface area (Å²) < 4.78 is 17.3. The average molecular weight is 317 g/mol. The first-order valence-corrected chi connectivity index (χ1v) is 11.8. The van der Waals surface area contributed by atoms with E-state index >= 15 is 0 Å². The molecular weight excluding hydrogens is 292 g/mol. The van der Waals surface area contributed by atoms with Crippen LogP contribution in [0.25, 0.3) is 0 Å². The third kappa shape index (κ3) is 8.80. The van der Waals surface area contributed by atoms with Gasteiger partial charge in [0, 0.05) is 25.6 Å². The molecule has 0 unspecified atom stereocenters. The Labute approximate surface area is 118 Å². The van der Waals surface area contributed by atoms with Crippen molar-refractivity contribution in [3.05, 3.63) is 0 Å². The SMILES string of the molecule is CCCSSSC[Si](OCC)(OCC)OCC. The maximum atomic E-state index is 5.77. The van der Waals surface area contributed by atoms with E-state index in [9.17, 15) is 0 Å². The van der Waals surface area contributed by atoms with Crippen LogP contribution in [0.4, 0.5) is 0 Å². The molecule has 7 heteroatoms. The van der Waals surface area contributed by atoms with Crippen molar-refractivity contribution in [3.63, 3.8) is 0 Å². The van der Waals surface area contributed by atoms with Crippen LogP contribution in [0.15, 0.2) is 0 Å². The minimum absolute atomic E-state index is 0.652. The predicted octanol–water partition coefficient (Wildman–Crippen LogP) is 4.01. The van der Waals surface area contributed by atoms with E-state index in [1.807, 2.05) is 41.4 Å². The average Bonchev–Trinajstić information content (AvgIpc) is 2.30. The van der Waals surface area contributed by atoms with Crippen molar-refractivity contribution in [2.24, 2.45) is 0 Å². The second-order valence-electron chi connectivity index (χ2n) is 3.13. The minimum atomic E-state index is -2.43. The zero-order chi connectivity index (χ0) is 13.0. The number of hydrogen-bond donors (Lipinski definition) is 0. The molecule has 0 rings (SSSR count). The molecule has 0 atom stereocenters. The first kappa shape index (κ1) is 18.1. The zero-order valence-corrected chi connectivity index (χ0v) is 14.6. The van der Waals surface area contributed by atoms with Gasteiger partial charge in [-0.2, -0.15) is 0 Å². The van der Waals surface area contributed by atoms with Crippen molar-refractivity contribution in [2.45, 2.75) is 34.1 Å². The van der Waals surface area contributed by atoms with Gasteiger partial charge in [-0.1, -0.05) is 28.5 Å². The van der Waals surface area contributed by atoms with Crippen LogP contribution in [-0.4, -0.2) is 39.8 Å². The summed E-state index contributed by atoms with van der Waals surface area (Å²) in [5, 5.41) is 0.823. The Hall–Kier alpha value is 1.15. The first-order chi connectivity index (χ1) is 8.24. The lowest BCUT2D eigenvalue weighted by Crippen LogP contribution is -2.49. The molecule has 0 radical (unpaired) electrons. The monoisotopic (exact) mass is 316 g/mol. The van der Waals surface area contributed by atoms with Crippen LogP contribution in [0.1, 0.15) is 34.1 Å². The standard InChI is InChI=1S/C10H24O3S3Si/c1-5-9-14-16-15-10-17(11-6-2,12-7-3)13-8-4/h5-10H2,1-4H3. The third-order valence-electron chi connectivity index (χ3n) is 1.71. The molecule has 0 aromatic rings. The highest BCUT2D eigenvalue weighted by Gasteiger charge is 2.40. The molecule has 0 amide bonds. The van der Waals surface area contributed by atoms with Crippen molar-refractivity contribution < 1.29 is 13.3 Å². The Morgan fingerprint density at radius 1 is 0.824 bits per heavy atom. The fourth-order valence-corrected chi connectivity index (χ4v) is 9.96. The smallest absolute Gasteiger partial charge is 0.373 e. The Morgan fingerprint density at radius 3 is 1.76 bits per heavy atom. The summed E-state index contributed by atoms with van der Waals surface area (Å²) in [4.78, 5) is 0. The van der Waals surface area contributed by atoms with Crippen molar-refractivity contribution in [2.75, 3.05) is 30.9 Å². The van der Waals surface area contributed by atoms with Crippen LogP contribution in [0.3, 0.4) is 0 Å².